The van der Waals surface area contributed by atoms with Gasteiger partial charge in [0.25, 0.3) is 0 Å². The monoisotopic (exact) mass is 271 g/mol. The molecule has 1 heterocycles. The van der Waals surface area contributed by atoms with Crippen LogP contribution >= 0.6 is 11.6 Å². The molecule has 0 amide bonds. The maximum atomic E-state index is 6.02. The molecule has 1 aliphatic rings. The lowest BCUT2D eigenvalue weighted by Gasteiger charge is -2.20. The summed E-state index contributed by atoms with van der Waals surface area (Å²) in [6, 6.07) is 5.93. The zero-order chi connectivity index (χ0) is 13.0. The van der Waals surface area contributed by atoms with Crippen molar-refractivity contribution < 1.29 is 14.2 Å². The first-order chi connectivity index (χ1) is 8.74. The molecule has 1 fully saturated rings. The topological polar surface area (TPSA) is 39.7 Å². The largest absolute Gasteiger partial charge is 0.495 e. The highest BCUT2D eigenvalue weighted by Crippen LogP contribution is 2.30. The Morgan fingerprint density at radius 2 is 2.17 bits per heavy atom. The van der Waals surface area contributed by atoms with Gasteiger partial charge in [0.05, 0.1) is 25.3 Å². The molecule has 0 radical (unpaired) electrons. The van der Waals surface area contributed by atoms with E-state index in [1.54, 1.807) is 7.11 Å². The van der Waals surface area contributed by atoms with Crippen molar-refractivity contribution in [2.45, 2.75) is 18.8 Å². The van der Waals surface area contributed by atoms with Gasteiger partial charge >= 0.3 is 0 Å². The van der Waals surface area contributed by atoms with Crippen LogP contribution < -0.4 is 10.1 Å². The van der Waals surface area contributed by atoms with Crippen LogP contribution in [-0.2, 0) is 9.47 Å². The molecule has 18 heavy (non-hydrogen) atoms. The van der Waals surface area contributed by atoms with Crippen molar-refractivity contribution in [2.24, 2.45) is 0 Å². The van der Waals surface area contributed by atoms with Gasteiger partial charge in [-0.2, -0.15) is 0 Å². The fourth-order valence-corrected chi connectivity index (χ4v) is 2.24. The number of rotatable bonds is 5. The van der Waals surface area contributed by atoms with E-state index in [1.165, 1.54) is 0 Å². The minimum Gasteiger partial charge on any atom is -0.495 e. The molecule has 100 valence electrons. The highest BCUT2D eigenvalue weighted by atomic mass is 35.5. The van der Waals surface area contributed by atoms with Crippen LogP contribution in [0, 0.1) is 0 Å². The Bertz CT molecular complexity index is 394. The van der Waals surface area contributed by atoms with Crippen LogP contribution in [0.5, 0.6) is 5.75 Å². The second kappa shape index (κ2) is 6.38. The maximum Gasteiger partial charge on any atom is 0.159 e. The molecule has 1 N–H and O–H groups in total. The molecule has 1 unspecified atom stereocenters. The van der Waals surface area contributed by atoms with Gasteiger partial charge in [-0.25, -0.2) is 0 Å². The van der Waals surface area contributed by atoms with Gasteiger partial charge in [-0.05, 0) is 24.7 Å². The van der Waals surface area contributed by atoms with E-state index in [1.807, 2.05) is 25.2 Å². The fraction of sp³-hybridized carbons (Fsp3) is 0.538. The average Bonchev–Trinajstić information content (AvgIpc) is 2.89. The summed E-state index contributed by atoms with van der Waals surface area (Å²) in [5.41, 5.74) is 1.11. The predicted octanol–water partition coefficient (Wildman–Crippen LogP) is 2.37. The Balaban J connectivity index is 2.10. The van der Waals surface area contributed by atoms with E-state index in [0.717, 1.165) is 12.0 Å². The molecule has 1 aromatic rings. The molecule has 0 bridgehead atoms. The zero-order valence-corrected chi connectivity index (χ0v) is 11.4. The smallest absolute Gasteiger partial charge is 0.159 e. The van der Waals surface area contributed by atoms with Gasteiger partial charge in [0.2, 0.25) is 0 Å². The molecule has 1 saturated heterocycles. The van der Waals surface area contributed by atoms with Crippen LogP contribution in [0.3, 0.4) is 0 Å². The summed E-state index contributed by atoms with van der Waals surface area (Å²) in [6.45, 7) is 1.34. The Labute approximate surface area is 112 Å². The van der Waals surface area contributed by atoms with E-state index in [2.05, 4.69) is 5.32 Å². The van der Waals surface area contributed by atoms with E-state index in [0.29, 0.717) is 24.0 Å². The average molecular weight is 272 g/mol. The SMILES string of the molecule is CNC(CC1OCCO1)c1ccc(Cl)c(OC)c1. The summed E-state index contributed by atoms with van der Waals surface area (Å²) < 4.78 is 16.2. The number of nitrogens with one attached hydrogen (secondary N) is 1. The van der Waals surface area contributed by atoms with Gasteiger partial charge in [0.15, 0.2) is 6.29 Å². The Morgan fingerprint density at radius 1 is 1.44 bits per heavy atom. The molecular weight excluding hydrogens is 254 g/mol. The summed E-state index contributed by atoms with van der Waals surface area (Å²) in [7, 11) is 3.53. The molecule has 0 saturated carbocycles. The highest BCUT2D eigenvalue weighted by molar-refractivity contribution is 6.32. The summed E-state index contributed by atoms with van der Waals surface area (Å²) in [5, 5.41) is 3.87. The van der Waals surface area contributed by atoms with E-state index >= 15 is 0 Å². The van der Waals surface area contributed by atoms with Gasteiger partial charge < -0.3 is 19.5 Å². The maximum absolute atomic E-state index is 6.02. The molecule has 0 aromatic heterocycles. The van der Waals surface area contributed by atoms with Crippen molar-refractivity contribution in [1.29, 1.82) is 0 Å². The van der Waals surface area contributed by atoms with Gasteiger partial charge in [0, 0.05) is 12.5 Å². The minimum atomic E-state index is -0.135. The molecule has 1 aromatic carbocycles. The number of ether oxygens (including phenoxy) is 3. The lowest BCUT2D eigenvalue weighted by Crippen LogP contribution is -2.23. The molecule has 5 heteroatoms. The third kappa shape index (κ3) is 3.14. The normalized spacial score (nSPS) is 17.9. The quantitative estimate of drug-likeness (QED) is 0.893. The first kappa shape index (κ1) is 13.6. The van der Waals surface area contributed by atoms with E-state index in [-0.39, 0.29) is 12.3 Å². The summed E-state index contributed by atoms with van der Waals surface area (Å²) in [4.78, 5) is 0. The highest BCUT2D eigenvalue weighted by Gasteiger charge is 2.22. The van der Waals surface area contributed by atoms with Crippen molar-refractivity contribution in [3.63, 3.8) is 0 Å². The van der Waals surface area contributed by atoms with Crippen LogP contribution in [0.4, 0.5) is 0 Å². The van der Waals surface area contributed by atoms with Crippen molar-refractivity contribution in [2.75, 3.05) is 27.4 Å². The fourth-order valence-electron chi connectivity index (χ4n) is 2.05. The van der Waals surface area contributed by atoms with Crippen LogP contribution in [0.25, 0.3) is 0 Å². The number of benzene rings is 1. The predicted molar refractivity (Wildman–Crippen MR) is 70.1 cm³/mol. The summed E-state index contributed by atoms with van der Waals surface area (Å²) >= 11 is 6.02. The van der Waals surface area contributed by atoms with Gasteiger partial charge in [-0.1, -0.05) is 17.7 Å². The molecule has 1 aliphatic heterocycles. The number of hydrogen-bond donors (Lipinski definition) is 1. The second-order valence-electron chi connectivity index (χ2n) is 4.14. The summed E-state index contributed by atoms with van der Waals surface area (Å²) in [5.74, 6) is 0.683. The van der Waals surface area contributed by atoms with Gasteiger partial charge in [-0.15, -0.1) is 0 Å². The second-order valence-corrected chi connectivity index (χ2v) is 4.55. The van der Waals surface area contributed by atoms with E-state index < -0.39 is 0 Å². The number of methoxy groups -OCH3 is 1. The molecule has 4 nitrogen and oxygen atoms in total. The molecular formula is C13H18ClNO3. The first-order valence-electron chi connectivity index (χ1n) is 5.98. The Hall–Kier alpha value is -0.810. The lowest BCUT2D eigenvalue weighted by atomic mass is 10.0. The lowest BCUT2D eigenvalue weighted by molar-refractivity contribution is -0.0526. The molecule has 0 aliphatic carbocycles. The minimum absolute atomic E-state index is 0.135. The van der Waals surface area contributed by atoms with Crippen molar-refractivity contribution in [3.05, 3.63) is 28.8 Å². The third-order valence-electron chi connectivity index (χ3n) is 3.04. The standard InChI is InChI=1S/C13H18ClNO3/c1-15-11(8-13-17-5-6-18-13)9-3-4-10(14)12(7-9)16-2/h3-4,7,11,13,15H,5-6,8H2,1-2H3. The Morgan fingerprint density at radius 3 is 2.78 bits per heavy atom. The first-order valence-corrected chi connectivity index (χ1v) is 6.36. The van der Waals surface area contributed by atoms with Crippen LogP contribution in [-0.4, -0.2) is 33.7 Å². The van der Waals surface area contributed by atoms with E-state index in [9.17, 15) is 0 Å². The van der Waals surface area contributed by atoms with Crippen LogP contribution in [0.2, 0.25) is 5.02 Å². The third-order valence-corrected chi connectivity index (χ3v) is 3.36. The van der Waals surface area contributed by atoms with Gasteiger partial charge in [0.1, 0.15) is 5.75 Å². The number of hydrogen-bond acceptors (Lipinski definition) is 4. The number of halogens is 1. The molecule has 1 atom stereocenters. The zero-order valence-electron chi connectivity index (χ0n) is 10.6. The van der Waals surface area contributed by atoms with Crippen LogP contribution in [0.1, 0.15) is 18.0 Å². The molecule has 0 spiro atoms. The molecule has 2 rings (SSSR count). The van der Waals surface area contributed by atoms with Crippen LogP contribution in [0.15, 0.2) is 18.2 Å². The van der Waals surface area contributed by atoms with E-state index in [4.69, 9.17) is 25.8 Å². The Kier molecular flexibility index (Phi) is 4.83. The van der Waals surface area contributed by atoms with Gasteiger partial charge in [-0.3, -0.25) is 0 Å². The van der Waals surface area contributed by atoms with Crippen molar-refractivity contribution >= 4 is 11.6 Å². The van der Waals surface area contributed by atoms with Crippen molar-refractivity contribution in [3.8, 4) is 5.75 Å². The summed E-state index contributed by atoms with van der Waals surface area (Å²) in [6.07, 6.45) is 0.630. The van der Waals surface area contributed by atoms with Crippen molar-refractivity contribution in [1.82, 2.24) is 5.32 Å².